The molecule has 5 nitrogen and oxygen atoms in total. The number of hydrogen-bond acceptors (Lipinski definition) is 3. The topological polar surface area (TPSA) is 59.8 Å². The molecule has 1 aromatic carbocycles. The zero-order chi connectivity index (χ0) is 17.6. The van der Waals surface area contributed by atoms with Crippen molar-refractivity contribution in [2.24, 2.45) is 0 Å². The molecule has 0 aliphatic carbocycles. The number of nitrogens with one attached hydrogen (secondary N) is 1. The Morgan fingerprint density at radius 1 is 1.20 bits per heavy atom. The molecule has 0 spiro atoms. The van der Waals surface area contributed by atoms with E-state index < -0.39 is 5.82 Å². The van der Waals surface area contributed by atoms with Gasteiger partial charge in [0.2, 0.25) is 5.91 Å². The fourth-order valence-electron chi connectivity index (χ4n) is 2.37. The molecule has 3 rings (SSSR count). The standard InChI is InChI=1S/C18H16ClFN4O/c19-15-6-4-13(11-16(15)20)12-24-17(8-10-22-24)23-18(25)7-5-14-3-1-2-9-21-14/h1-4,6,8-11H,5,7,12H2,(H,23,25). The largest absolute Gasteiger partial charge is 0.311 e. The van der Waals surface area contributed by atoms with Gasteiger partial charge in [-0.15, -0.1) is 0 Å². The van der Waals surface area contributed by atoms with Gasteiger partial charge in [0, 0.05) is 24.4 Å². The Kier molecular flexibility index (Phi) is 5.40. The molecule has 2 aromatic heterocycles. The third-order valence-corrected chi connectivity index (χ3v) is 3.94. The molecule has 0 aliphatic rings. The molecule has 0 aliphatic heterocycles. The van der Waals surface area contributed by atoms with Crippen LogP contribution in [-0.4, -0.2) is 20.7 Å². The molecule has 25 heavy (non-hydrogen) atoms. The summed E-state index contributed by atoms with van der Waals surface area (Å²) < 4.78 is 15.1. The van der Waals surface area contributed by atoms with Crippen molar-refractivity contribution in [3.05, 3.63) is 77.0 Å². The van der Waals surface area contributed by atoms with E-state index in [0.29, 0.717) is 30.8 Å². The highest BCUT2D eigenvalue weighted by Gasteiger charge is 2.09. The van der Waals surface area contributed by atoms with E-state index in [1.807, 2.05) is 18.2 Å². The minimum absolute atomic E-state index is 0.0762. The van der Waals surface area contributed by atoms with Crippen molar-refractivity contribution in [2.45, 2.75) is 19.4 Å². The molecule has 0 atom stereocenters. The Labute approximate surface area is 149 Å². The number of aromatic nitrogens is 3. The second kappa shape index (κ2) is 7.90. The predicted octanol–water partition coefficient (Wildman–Crippen LogP) is 3.69. The van der Waals surface area contributed by atoms with Gasteiger partial charge in [0.05, 0.1) is 17.8 Å². The number of rotatable bonds is 6. The summed E-state index contributed by atoms with van der Waals surface area (Å²) in [5.41, 5.74) is 1.57. The highest BCUT2D eigenvalue weighted by Crippen LogP contribution is 2.17. The summed E-state index contributed by atoms with van der Waals surface area (Å²) in [5.74, 6) is -0.0525. The van der Waals surface area contributed by atoms with Crippen molar-refractivity contribution in [1.29, 1.82) is 0 Å². The summed E-state index contributed by atoms with van der Waals surface area (Å²) in [4.78, 5) is 16.3. The van der Waals surface area contributed by atoms with E-state index in [-0.39, 0.29) is 10.9 Å². The fourth-order valence-corrected chi connectivity index (χ4v) is 2.49. The van der Waals surface area contributed by atoms with E-state index in [1.165, 1.54) is 12.1 Å². The third-order valence-electron chi connectivity index (χ3n) is 3.63. The average Bonchev–Trinajstić information content (AvgIpc) is 3.04. The first-order valence-electron chi connectivity index (χ1n) is 7.77. The van der Waals surface area contributed by atoms with E-state index in [0.717, 1.165) is 5.69 Å². The van der Waals surface area contributed by atoms with Gasteiger partial charge in [0.15, 0.2) is 0 Å². The maximum Gasteiger partial charge on any atom is 0.225 e. The summed E-state index contributed by atoms with van der Waals surface area (Å²) >= 11 is 5.69. The van der Waals surface area contributed by atoms with E-state index in [2.05, 4.69) is 15.4 Å². The average molecular weight is 359 g/mol. The molecule has 1 N–H and O–H groups in total. The fraction of sp³-hybridized carbons (Fsp3) is 0.167. The molecule has 1 amide bonds. The molecule has 2 heterocycles. The lowest BCUT2D eigenvalue weighted by Crippen LogP contribution is -2.16. The van der Waals surface area contributed by atoms with Gasteiger partial charge in [0.25, 0.3) is 0 Å². The number of carbonyl (C=O) groups excluding carboxylic acids is 1. The van der Waals surface area contributed by atoms with Gasteiger partial charge in [0.1, 0.15) is 11.6 Å². The number of carbonyl (C=O) groups is 1. The minimum atomic E-state index is -0.479. The molecule has 0 radical (unpaired) electrons. The number of pyridine rings is 1. The number of aryl methyl sites for hydroxylation is 1. The molecule has 128 valence electrons. The van der Waals surface area contributed by atoms with Gasteiger partial charge in [-0.25, -0.2) is 9.07 Å². The summed E-state index contributed by atoms with van der Waals surface area (Å²) in [6, 6.07) is 11.9. The van der Waals surface area contributed by atoms with Crippen LogP contribution >= 0.6 is 11.6 Å². The van der Waals surface area contributed by atoms with Gasteiger partial charge in [-0.1, -0.05) is 23.7 Å². The lowest BCUT2D eigenvalue weighted by Gasteiger charge is -2.09. The number of halogens is 2. The Morgan fingerprint density at radius 2 is 2.08 bits per heavy atom. The third kappa shape index (κ3) is 4.64. The van der Waals surface area contributed by atoms with Crippen LogP contribution < -0.4 is 5.32 Å². The lowest BCUT2D eigenvalue weighted by atomic mass is 10.2. The highest BCUT2D eigenvalue weighted by molar-refractivity contribution is 6.30. The van der Waals surface area contributed by atoms with Gasteiger partial charge >= 0.3 is 0 Å². The number of nitrogens with zero attached hydrogens (tertiary/aromatic N) is 3. The summed E-state index contributed by atoms with van der Waals surface area (Å²) in [6.07, 6.45) is 4.16. The zero-order valence-corrected chi connectivity index (χ0v) is 14.1. The molecule has 0 saturated heterocycles. The number of anilines is 1. The van der Waals surface area contributed by atoms with Crippen molar-refractivity contribution in [3.63, 3.8) is 0 Å². The van der Waals surface area contributed by atoms with Crippen LogP contribution in [0.25, 0.3) is 0 Å². The second-order valence-electron chi connectivity index (χ2n) is 5.49. The van der Waals surface area contributed by atoms with Crippen LogP contribution in [-0.2, 0) is 17.8 Å². The van der Waals surface area contributed by atoms with Crippen molar-refractivity contribution in [3.8, 4) is 0 Å². The van der Waals surface area contributed by atoms with Crippen molar-refractivity contribution in [2.75, 3.05) is 5.32 Å². The normalized spacial score (nSPS) is 10.6. The van der Waals surface area contributed by atoms with Crippen LogP contribution in [0.4, 0.5) is 10.2 Å². The Morgan fingerprint density at radius 3 is 2.84 bits per heavy atom. The van der Waals surface area contributed by atoms with E-state index in [1.54, 1.807) is 29.2 Å². The molecular formula is C18H16ClFN4O. The van der Waals surface area contributed by atoms with E-state index >= 15 is 0 Å². The summed E-state index contributed by atoms with van der Waals surface area (Å²) in [5, 5.41) is 7.07. The lowest BCUT2D eigenvalue weighted by molar-refractivity contribution is -0.116. The minimum Gasteiger partial charge on any atom is -0.311 e. The van der Waals surface area contributed by atoms with E-state index in [4.69, 9.17) is 11.6 Å². The molecule has 0 unspecified atom stereocenters. The van der Waals surface area contributed by atoms with Gasteiger partial charge in [-0.2, -0.15) is 5.10 Å². The van der Waals surface area contributed by atoms with Crippen molar-refractivity contribution in [1.82, 2.24) is 14.8 Å². The predicted molar refractivity (Wildman–Crippen MR) is 93.9 cm³/mol. The van der Waals surface area contributed by atoms with Crippen molar-refractivity contribution < 1.29 is 9.18 Å². The first-order valence-corrected chi connectivity index (χ1v) is 8.15. The maximum absolute atomic E-state index is 13.5. The van der Waals surface area contributed by atoms with E-state index in [9.17, 15) is 9.18 Å². The Hall–Kier alpha value is -2.73. The van der Waals surface area contributed by atoms with Gasteiger partial charge in [-0.3, -0.25) is 9.78 Å². The zero-order valence-electron chi connectivity index (χ0n) is 13.3. The van der Waals surface area contributed by atoms with Gasteiger partial charge in [-0.05, 0) is 36.2 Å². The Balaban J connectivity index is 1.61. The first kappa shape index (κ1) is 17.1. The quantitative estimate of drug-likeness (QED) is 0.731. The Bertz CT molecular complexity index is 867. The molecule has 0 bridgehead atoms. The SMILES string of the molecule is O=C(CCc1ccccn1)Nc1ccnn1Cc1ccc(Cl)c(F)c1. The smallest absolute Gasteiger partial charge is 0.225 e. The summed E-state index contributed by atoms with van der Waals surface area (Å²) in [7, 11) is 0. The molecule has 7 heteroatoms. The molecular weight excluding hydrogens is 343 g/mol. The van der Waals surface area contributed by atoms with Crippen LogP contribution in [0.1, 0.15) is 17.7 Å². The summed E-state index contributed by atoms with van der Waals surface area (Å²) in [6.45, 7) is 0.330. The number of hydrogen-bond donors (Lipinski definition) is 1. The molecule has 0 fully saturated rings. The van der Waals surface area contributed by atoms with Crippen LogP contribution in [0.5, 0.6) is 0 Å². The van der Waals surface area contributed by atoms with Crippen molar-refractivity contribution >= 4 is 23.3 Å². The molecule has 3 aromatic rings. The highest BCUT2D eigenvalue weighted by atomic mass is 35.5. The van der Waals surface area contributed by atoms with Gasteiger partial charge < -0.3 is 5.32 Å². The van der Waals surface area contributed by atoms with Crippen LogP contribution in [0.3, 0.4) is 0 Å². The van der Waals surface area contributed by atoms with Crippen LogP contribution in [0.2, 0.25) is 5.02 Å². The van der Waals surface area contributed by atoms with Crippen LogP contribution in [0, 0.1) is 5.82 Å². The number of amides is 1. The molecule has 0 saturated carbocycles. The van der Waals surface area contributed by atoms with Crippen LogP contribution in [0.15, 0.2) is 54.9 Å². The maximum atomic E-state index is 13.5. The monoisotopic (exact) mass is 358 g/mol. The number of benzene rings is 1. The second-order valence-corrected chi connectivity index (χ2v) is 5.90. The first-order chi connectivity index (χ1) is 12.1.